The van der Waals surface area contributed by atoms with E-state index in [9.17, 15) is 18.5 Å². The van der Waals surface area contributed by atoms with E-state index in [0.29, 0.717) is 0 Å². The van der Waals surface area contributed by atoms with Gasteiger partial charge in [0.05, 0.1) is 7.05 Å². The lowest BCUT2D eigenvalue weighted by Gasteiger charge is -1.96. The lowest BCUT2D eigenvalue weighted by atomic mass is 10.4. The summed E-state index contributed by atoms with van der Waals surface area (Å²) in [4.78, 5) is 13.5. The minimum absolute atomic E-state index is 0.0493. The molecule has 0 N–H and O–H groups in total. The molecule has 2 aromatic rings. The molecule has 0 aliphatic rings. The van der Waals surface area contributed by atoms with E-state index >= 15 is 0 Å². The second kappa shape index (κ2) is 4.62. The molecule has 18 heavy (non-hydrogen) atoms. The number of nitro groups is 1. The maximum atomic E-state index is 11.2. The quantitative estimate of drug-likeness (QED) is 0.326. The highest BCUT2D eigenvalue weighted by Crippen LogP contribution is 2.16. The number of imidazole rings is 1. The van der Waals surface area contributed by atoms with Crippen molar-refractivity contribution in [1.29, 1.82) is 0 Å². The zero-order valence-corrected chi connectivity index (χ0v) is 10.5. The van der Waals surface area contributed by atoms with E-state index in [1.54, 1.807) is 0 Å². The van der Waals surface area contributed by atoms with E-state index < -0.39 is 15.2 Å². The van der Waals surface area contributed by atoms with Crippen molar-refractivity contribution in [2.24, 2.45) is 7.05 Å². The van der Waals surface area contributed by atoms with Gasteiger partial charge in [-0.1, -0.05) is 11.3 Å². The van der Waals surface area contributed by atoms with Crippen molar-refractivity contribution >= 4 is 32.3 Å². The smallest absolute Gasteiger partial charge is 0.342 e. The number of aromatic nitrogens is 4. The second-order valence-electron chi connectivity index (χ2n) is 3.06. The average Bonchev–Trinajstić information content (AvgIpc) is 2.90. The summed E-state index contributed by atoms with van der Waals surface area (Å²) in [5.41, 5.74) is 1.36. The molecular formula is C7H5N5O4S2. The molecule has 0 bridgehead atoms. The lowest BCUT2D eigenvalue weighted by Crippen LogP contribution is -2.12. The molecule has 0 atom stereocenters. The van der Waals surface area contributed by atoms with Gasteiger partial charge in [-0.3, -0.25) is 0 Å². The van der Waals surface area contributed by atoms with Gasteiger partial charge in [-0.05, 0) is 4.92 Å². The third kappa shape index (κ3) is 2.00. The zero-order valence-electron chi connectivity index (χ0n) is 8.84. The van der Waals surface area contributed by atoms with Gasteiger partial charge in [-0.25, -0.2) is 9.55 Å². The van der Waals surface area contributed by atoms with E-state index in [0.717, 1.165) is 22.1 Å². The molecule has 0 saturated heterocycles. The lowest BCUT2D eigenvalue weighted by molar-refractivity contribution is -0.391. The highest BCUT2D eigenvalue weighted by Gasteiger charge is 2.25. The van der Waals surface area contributed by atoms with Crippen LogP contribution >= 0.6 is 11.3 Å². The summed E-state index contributed by atoms with van der Waals surface area (Å²) in [5, 5.41) is 18.0. The zero-order chi connectivity index (χ0) is 13.3. The topological polar surface area (TPSA) is 121 Å². The molecule has 2 aromatic heterocycles. The van der Waals surface area contributed by atoms with Crippen molar-refractivity contribution in [2.45, 2.75) is 0 Å². The minimum atomic E-state index is -2.63. The molecule has 2 heterocycles. The average molecular weight is 287 g/mol. The van der Waals surface area contributed by atoms with Gasteiger partial charge in [0.15, 0.2) is 9.87 Å². The maximum absolute atomic E-state index is 11.2. The molecule has 0 unspecified atom stereocenters. The molecule has 11 heteroatoms. The minimum Gasteiger partial charge on any atom is -0.358 e. The van der Waals surface area contributed by atoms with Crippen molar-refractivity contribution in [1.82, 2.24) is 19.7 Å². The first-order chi connectivity index (χ1) is 8.52. The van der Waals surface area contributed by atoms with E-state index in [1.807, 2.05) is 0 Å². The monoisotopic (exact) mass is 287 g/mol. The van der Waals surface area contributed by atoms with Crippen LogP contribution in [0, 0.1) is 10.1 Å². The van der Waals surface area contributed by atoms with Crippen LogP contribution in [0.3, 0.4) is 0 Å². The Kier molecular flexibility index (Phi) is 3.16. The van der Waals surface area contributed by atoms with Gasteiger partial charge < -0.3 is 10.1 Å². The molecule has 94 valence electrons. The Balaban J connectivity index is 2.68. The number of hydrogen-bond acceptors (Lipinski definition) is 8. The molecule has 2 rings (SSSR count). The molecule has 0 aromatic carbocycles. The molecule has 0 spiro atoms. The Morgan fingerprint density at radius 1 is 1.56 bits per heavy atom. The molecule has 9 nitrogen and oxygen atoms in total. The van der Waals surface area contributed by atoms with Gasteiger partial charge >= 0.3 is 5.82 Å². The van der Waals surface area contributed by atoms with Crippen molar-refractivity contribution < 1.29 is 13.3 Å². The fourth-order valence-corrected chi connectivity index (χ4v) is 2.65. The summed E-state index contributed by atoms with van der Waals surface area (Å²) in [5.74, 6) is -0.357. The number of hydrogen-bond donors (Lipinski definition) is 0. The van der Waals surface area contributed by atoms with Crippen LogP contribution in [0.15, 0.2) is 11.7 Å². The largest absolute Gasteiger partial charge is 0.358 e. The van der Waals surface area contributed by atoms with Crippen LogP contribution < -0.4 is 0 Å². The Morgan fingerprint density at radius 2 is 2.28 bits per heavy atom. The Hall–Kier alpha value is -2.14. The number of rotatable bonds is 3. The summed E-state index contributed by atoms with van der Waals surface area (Å²) in [6, 6.07) is 0. The number of nitrogens with zero attached hydrogens (tertiary/aromatic N) is 5. The molecular weight excluding hydrogens is 282 g/mol. The summed E-state index contributed by atoms with van der Waals surface area (Å²) in [6.07, 6.45) is 0.989. The standard InChI is InChI=1S/C7H5N5O4S2/c1-11-4(12(13)14)2-8-6(11)5(18(15)16)7-10-9-3-17-7/h2-3H,1H3. The van der Waals surface area contributed by atoms with Crippen LogP contribution in [0.5, 0.6) is 0 Å². The van der Waals surface area contributed by atoms with Crippen molar-refractivity contribution in [3.63, 3.8) is 0 Å². The first kappa shape index (κ1) is 12.3. The van der Waals surface area contributed by atoms with E-state index in [4.69, 9.17) is 0 Å². The SMILES string of the molecule is Cn1c([N+](=O)[O-])cnc1C(c1nncs1)=S(=O)=O. The molecule has 0 aliphatic heterocycles. The highest BCUT2D eigenvalue weighted by atomic mass is 32.2. The molecule has 0 amide bonds. The van der Waals surface area contributed by atoms with Gasteiger partial charge in [0.2, 0.25) is 16.1 Å². The Bertz CT molecular complexity index is 722. The van der Waals surface area contributed by atoms with Crippen LogP contribution in [-0.2, 0) is 17.3 Å². The van der Waals surface area contributed by atoms with Gasteiger partial charge in [0.1, 0.15) is 11.7 Å². The van der Waals surface area contributed by atoms with Crippen molar-refractivity contribution in [2.75, 3.05) is 0 Å². The van der Waals surface area contributed by atoms with E-state index in [1.165, 1.54) is 12.6 Å². The van der Waals surface area contributed by atoms with E-state index in [-0.39, 0.29) is 21.5 Å². The van der Waals surface area contributed by atoms with Crippen LogP contribution in [0.2, 0.25) is 0 Å². The van der Waals surface area contributed by atoms with Gasteiger partial charge in [0, 0.05) is 0 Å². The molecule has 0 fully saturated rings. The van der Waals surface area contributed by atoms with Gasteiger partial charge in [0.25, 0.3) is 0 Å². The van der Waals surface area contributed by atoms with Crippen LogP contribution in [0.1, 0.15) is 10.8 Å². The Morgan fingerprint density at radius 3 is 2.72 bits per heavy atom. The third-order valence-corrected chi connectivity index (χ3v) is 3.62. The third-order valence-electron chi connectivity index (χ3n) is 2.07. The van der Waals surface area contributed by atoms with Crippen molar-refractivity contribution in [3.8, 4) is 0 Å². The highest BCUT2D eigenvalue weighted by molar-refractivity contribution is 7.74. The van der Waals surface area contributed by atoms with Crippen LogP contribution in [-0.4, -0.2) is 38.0 Å². The first-order valence-electron chi connectivity index (χ1n) is 4.41. The second-order valence-corrected chi connectivity index (χ2v) is 4.77. The van der Waals surface area contributed by atoms with Crippen molar-refractivity contribution in [3.05, 3.63) is 32.7 Å². The predicted molar refractivity (Wildman–Crippen MR) is 61.9 cm³/mol. The van der Waals surface area contributed by atoms with Gasteiger partial charge in [-0.2, -0.15) is 8.42 Å². The Labute approximate surface area is 105 Å². The summed E-state index contributed by atoms with van der Waals surface area (Å²) in [6.45, 7) is 0. The predicted octanol–water partition coefficient (Wildman–Crippen LogP) is -0.372. The first-order valence-corrected chi connectivity index (χ1v) is 6.37. The normalized spacial score (nSPS) is 10.3. The summed E-state index contributed by atoms with van der Waals surface area (Å²) < 4.78 is 23.5. The van der Waals surface area contributed by atoms with Crippen LogP contribution in [0.25, 0.3) is 0 Å². The molecule has 0 aliphatic carbocycles. The van der Waals surface area contributed by atoms with Crippen LogP contribution in [0.4, 0.5) is 5.82 Å². The summed E-state index contributed by atoms with van der Waals surface area (Å²) >= 11 is 1.01. The molecule has 0 saturated carbocycles. The molecule has 0 radical (unpaired) electrons. The van der Waals surface area contributed by atoms with Gasteiger partial charge in [-0.15, -0.1) is 10.2 Å². The summed E-state index contributed by atoms with van der Waals surface area (Å²) in [7, 11) is -1.27. The fourth-order valence-electron chi connectivity index (χ4n) is 1.29. The maximum Gasteiger partial charge on any atom is 0.342 e. The van der Waals surface area contributed by atoms with E-state index in [2.05, 4.69) is 15.2 Å². The fraction of sp³-hybridized carbons (Fsp3) is 0.143.